The first-order valence-corrected chi connectivity index (χ1v) is 5.90. The van der Waals surface area contributed by atoms with E-state index in [-0.39, 0.29) is 6.61 Å². The van der Waals surface area contributed by atoms with E-state index in [4.69, 9.17) is 14.2 Å². The highest BCUT2D eigenvalue weighted by Gasteiger charge is 2.43. The molecule has 0 unspecified atom stereocenters. The molecule has 0 amide bonds. The number of aliphatic hydroxyl groups is 2. The Labute approximate surface area is 110 Å². The quantitative estimate of drug-likeness (QED) is 0.744. The summed E-state index contributed by atoms with van der Waals surface area (Å²) in [5, 5.41) is 19.3. The van der Waals surface area contributed by atoms with Crippen LogP contribution in [0.2, 0.25) is 0 Å². The van der Waals surface area contributed by atoms with Gasteiger partial charge in [-0.1, -0.05) is 18.2 Å². The highest BCUT2D eigenvalue weighted by molar-refractivity contribution is 5.89. The summed E-state index contributed by atoms with van der Waals surface area (Å²) in [6.07, 6.45) is -4.00. The second kappa shape index (κ2) is 6.12. The number of ether oxygens (including phenoxy) is 3. The molecule has 1 saturated heterocycles. The zero-order valence-electron chi connectivity index (χ0n) is 10.4. The van der Waals surface area contributed by atoms with Gasteiger partial charge >= 0.3 is 5.97 Å². The minimum Gasteiger partial charge on any atom is -0.459 e. The summed E-state index contributed by atoms with van der Waals surface area (Å²) >= 11 is 0. The summed E-state index contributed by atoms with van der Waals surface area (Å²) in [5.41, 5.74) is 0.416. The molecule has 4 atom stereocenters. The summed E-state index contributed by atoms with van der Waals surface area (Å²) in [6.45, 7) is -0.147. The Morgan fingerprint density at radius 3 is 2.53 bits per heavy atom. The molecular weight excluding hydrogens is 252 g/mol. The van der Waals surface area contributed by atoms with Gasteiger partial charge in [-0.3, -0.25) is 0 Å². The van der Waals surface area contributed by atoms with Crippen molar-refractivity contribution < 1.29 is 29.2 Å². The third-order valence-corrected chi connectivity index (χ3v) is 2.94. The van der Waals surface area contributed by atoms with Gasteiger partial charge in [-0.15, -0.1) is 0 Å². The summed E-state index contributed by atoms with van der Waals surface area (Å²) in [6, 6.07) is 8.49. The molecule has 0 spiro atoms. The zero-order chi connectivity index (χ0) is 13.8. The molecule has 1 aliphatic heterocycles. The molecule has 1 fully saturated rings. The first-order chi connectivity index (χ1) is 9.13. The number of benzene rings is 1. The summed E-state index contributed by atoms with van der Waals surface area (Å²) in [7, 11) is 1.36. The van der Waals surface area contributed by atoms with Crippen molar-refractivity contribution in [2.24, 2.45) is 0 Å². The standard InChI is InChI=1S/C13H16O6/c1-17-13-11(15)10(14)9(19-13)7-18-12(16)8-5-3-2-4-6-8/h2-6,9-11,13-15H,7H2,1H3/t9-,10-,11+,13+/m1/s1. The zero-order valence-corrected chi connectivity index (χ0v) is 10.4. The number of hydrogen-bond acceptors (Lipinski definition) is 6. The average Bonchev–Trinajstić information content (AvgIpc) is 2.73. The van der Waals surface area contributed by atoms with Gasteiger partial charge in [0.15, 0.2) is 6.29 Å². The highest BCUT2D eigenvalue weighted by atomic mass is 16.7. The fraction of sp³-hybridized carbons (Fsp3) is 0.462. The van der Waals surface area contributed by atoms with E-state index in [2.05, 4.69) is 0 Å². The second-order valence-electron chi connectivity index (χ2n) is 4.22. The van der Waals surface area contributed by atoms with E-state index >= 15 is 0 Å². The molecule has 1 aromatic rings. The molecule has 6 nitrogen and oxygen atoms in total. The minimum absolute atomic E-state index is 0.147. The van der Waals surface area contributed by atoms with E-state index in [1.807, 2.05) is 0 Å². The Hall–Kier alpha value is -1.47. The van der Waals surface area contributed by atoms with Gasteiger partial charge in [0.05, 0.1) is 5.56 Å². The molecule has 1 aliphatic rings. The van der Waals surface area contributed by atoms with Crippen LogP contribution in [0.25, 0.3) is 0 Å². The molecule has 2 N–H and O–H groups in total. The number of methoxy groups -OCH3 is 1. The fourth-order valence-corrected chi connectivity index (χ4v) is 1.86. The summed E-state index contributed by atoms with van der Waals surface area (Å²) in [5.74, 6) is -0.508. The van der Waals surface area contributed by atoms with Gasteiger partial charge in [0.25, 0.3) is 0 Å². The van der Waals surface area contributed by atoms with Gasteiger partial charge in [-0.2, -0.15) is 0 Å². The second-order valence-corrected chi connectivity index (χ2v) is 4.22. The Bertz CT molecular complexity index is 420. The third kappa shape index (κ3) is 3.10. The van der Waals surface area contributed by atoms with Crippen LogP contribution in [-0.4, -0.2) is 54.5 Å². The van der Waals surface area contributed by atoms with E-state index < -0.39 is 30.6 Å². The van der Waals surface area contributed by atoms with Crippen LogP contribution >= 0.6 is 0 Å². The minimum atomic E-state index is -1.15. The van der Waals surface area contributed by atoms with Crippen LogP contribution in [0.1, 0.15) is 10.4 Å². The maximum Gasteiger partial charge on any atom is 0.338 e. The predicted molar refractivity (Wildman–Crippen MR) is 64.4 cm³/mol. The van der Waals surface area contributed by atoms with E-state index in [0.29, 0.717) is 5.56 Å². The van der Waals surface area contributed by atoms with Crippen LogP contribution in [0.3, 0.4) is 0 Å². The van der Waals surface area contributed by atoms with Crippen molar-refractivity contribution in [3.63, 3.8) is 0 Å². The van der Waals surface area contributed by atoms with Crippen molar-refractivity contribution >= 4 is 5.97 Å². The number of rotatable bonds is 4. The monoisotopic (exact) mass is 268 g/mol. The topological polar surface area (TPSA) is 85.2 Å². The van der Waals surface area contributed by atoms with Crippen LogP contribution in [-0.2, 0) is 14.2 Å². The lowest BCUT2D eigenvalue weighted by atomic mass is 10.1. The lowest BCUT2D eigenvalue weighted by molar-refractivity contribution is -0.153. The number of aliphatic hydroxyl groups excluding tert-OH is 2. The molecule has 0 radical (unpaired) electrons. The number of esters is 1. The maximum atomic E-state index is 11.7. The average molecular weight is 268 g/mol. The van der Waals surface area contributed by atoms with E-state index in [1.54, 1.807) is 30.3 Å². The molecule has 0 bridgehead atoms. The van der Waals surface area contributed by atoms with E-state index in [1.165, 1.54) is 7.11 Å². The third-order valence-electron chi connectivity index (χ3n) is 2.94. The Morgan fingerprint density at radius 2 is 1.95 bits per heavy atom. The van der Waals surface area contributed by atoms with E-state index in [0.717, 1.165) is 0 Å². The van der Waals surface area contributed by atoms with Crippen molar-refractivity contribution in [1.82, 2.24) is 0 Å². The fourth-order valence-electron chi connectivity index (χ4n) is 1.86. The Morgan fingerprint density at radius 1 is 1.26 bits per heavy atom. The van der Waals surface area contributed by atoms with Crippen molar-refractivity contribution in [2.45, 2.75) is 24.6 Å². The van der Waals surface area contributed by atoms with Crippen molar-refractivity contribution in [1.29, 1.82) is 0 Å². The first-order valence-electron chi connectivity index (χ1n) is 5.90. The Balaban J connectivity index is 1.88. The van der Waals surface area contributed by atoms with Gasteiger partial charge in [0.1, 0.15) is 24.9 Å². The van der Waals surface area contributed by atoms with Crippen molar-refractivity contribution in [3.8, 4) is 0 Å². The SMILES string of the molecule is CO[C@H]1O[C@H](COC(=O)c2ccccc2)[C@@H](O)[C@@H]1O. The summed E-state index contributed by atoms with van der Waals surface area (Å²) < 4.78 is 15.1. The van der Waals surface area contributed by atoms with Crippen molar-refractivity contribution in [3.05, 3.63) is 35.9 Å². The largest absolute Gasteiger partial charge is 0.459 e. The lowest BCUT2D eigenvalue weighted by Gasteiger charge is -2.14. The number of carbonyl (C=O) groups is 1. The number of carbonyl (C=O) groups excluding carboxylic acids is 1. The van der Waals surface area contributed by atoms with Crippen LogP contribution < -0.4 is 0 Å². The molecule has 2 rings (SSSR count). The van der Waals surface area contributed by atoms with Gasteiger partial charge < -0.3 is 24.4 Å². The van der Waals surface area contributed by atoms with Gasteiger partial charge in [0, 0.05) is 7.11 Å². The van der Waals surface area contributed by atoms with E-state index in [9.17, 15) is 15.0 Å². The van der Waals surface area contributed by atoms with Crippen LogP contribution in [0, 0.1) is 0 Å². The highest BCUT2D eigenvalue weighted by Crippen LogP contribution is 2.22. The maximum absolute atomic E-state index is 11.7. The Kier molecular flexibility index (Phi) is 4.49. The molecule has 104 valence electrons. The molecule has 6 heteroatoms. The van der Waals surface area contributed by atoms with Crippen molar-refractivity contribution in [2.75, 3.05) is 13.7 Å². The molecular formula is C13H16O6. The normalized spacial score (nSPS) is 30.3. The molecule has 19 heavy (non-hydrogen) atoms. The van der Waals surface area contributed by atoms with Crippen LogP contribution in [0.15, 0.2) is 30.3 Å². The molecule has 0 aliphatic carbocycles. The molecule has 1 heterocycles. The molecule has 1 aromatic carbocycles. The first kappa shape index (κ1) is 14.0. The lowest BCUT2D eigenvalue weighted by Crippen LogP contribution is -2.35. The van der Waals surface area contributed by atoms with Gasteiger partial charge in [0.2, 0.25) is 0 Å². The van der Waals surface area contributed by atoms with Crippen LogP contribution in [0.4, 0.5) is 0 Å². The van der Waals surface area contributed by atoms with Gasteiger partial charge in [-0.05, 0) is 12.1 Å². The van der Waals surface area contributed by atoms with Gasteiger partial charge in [-0.25, -0.2) is 4.79 Å². The smallest absolute Gasteiger partial charge is 0.338 e. The summed E-state index contributed by atoms with van der Waals surface area (Å²) in [4.78, 5) is 11.7. The molecule has 0 saturated carbocycles. The number of hydrogen-bond donors (Lipinski definition) is 2. The molecule has 0 aromatic heterocycles. The van der Waals surface area contributed by atoms with Crippen LogP contribution in [0.5, 0.6) is 0 Å². The predicted octanol–water partition coefficient (Wildman–Crippen LogP) is -0.0635.